The molecule has 23 heteroatoms. The number of nitrogens with one attached hydrogen (secondary N) is 4. The van der Waals surface area contributed by atoms with E-state index in [1.165, 1.54) is 0 Å². The first-order chi connectivity index (χ1) is 26.9. The number of aromatic nitrogens is 12. The van der Waals surface area contributed by atoms with Crippen LogP contribution in [-0.4, -0.2) is 61.6 Å². The van der Waals surface area contributed by atoms with Gasteiger partial charge in [-0.1, -0.05) is 112 Å². The molecular formula is C34H24Cl2CuN12O8. The average Bonchev–Trinajstić information content (AvgIpc) is 4.01. The van der Waals surface area contributed by atoms with E-state index in [0.717, 1.165) is 55.7 Å². The summed E-state index contributed by atoms with van der Waals surface area (Å²) in [6, 6.07) is 33.2. The van der Waals surface area contributed by atoms with Crippen LogP contribution >= 0.6 is 0 Å². The van der Waals surface area contributed by atoms with Crippen LogP contribution in [0, 0.1) is 20.5 Å². The minimum atomic E-state index is -4.94. The van der Waals surface area contributed by atoms with Crippen molar-refractivity contribution >= 4 is 11.1 Å². The van der Waals surface area contributed by atoms with Gasteiger partial charge in [0.25, 0.3) is 0 Å². The van der Waals surface area contributed by atoms with Gasteiger partial charge in [-0.3, -0.25) is 20.4 Å². The number of hydrogen-bond acceptors (Lipinski definition) is 16. The molecule has 0 atom stereocenters. The molecule has 0 aliphatic carbocycles. The van der Waals surface area contributed by atoms with E-state index >= 15 is 0 Å². The van der Waals surface area contributed by atoms with E-state index in [-0.39, 0.29) is 17.1 Å². The van der Waals surface area contributed by atoms with Crippen molar-refractivity contribution in [3.05, 3.63) is 144 Å². The van der Waals surface area contributed by atoms with Crippen LogP contribution in [-0.2, 0) is 17.1 Å². The fourth-order valence-electron chi connectivity index (χ4n) is 5.88. The van der Waals surface area contributed by atoms with Crippen molar-refractivity contribution in [3.8, 4) is 45.0 Å². The minimum absolute atomic E-state index is 0. The van der Waals surface area contributed by atoms with Crippen molar-refractivity contribution in [2.45, 2.75) is 0 Å². The molecule has 57 heavy (non-hydrogen) atoms. The van der Waals surface area contributed by atoms with Gasteiger partial charge >= 0.3 is 17.1 Å². The standard InChI is InChI=1S/C34H24N12.2ClHO4.Cu/c1-4-10-21(11-5-1)30(22-12-6-2-7-13-22)31(23-14-8-3-9-15-23)25-16-24(26-17-35-43-39-26)32(27-18-36-44-40-27)34(29-20-38-46-42-29)33(25)28-19-37-45-41-28;2*2-1(3,4)5;/h1-20H,(H,35,39,43)(H,36,40,44)(H,37,41,45)(H,38,42,46);2*(H,2,3,4,5);/q;;;+2/p-2. The maximum atomic E-state index is 8.49. The summed E-state index contributed by atoms with van der Waals surface area (Å²) in [5.41, 5.74) is 11.3. The van der Waals surface area contributed by atoms with Gasteiger partial charge in [-0.2, -0.15) is 0 Å². The summed E-state index contributed by atoms with van der Waals surface area (Å²) >= 11 is 0. The molecule has 8 aromatic rings. The van der Waals surface area contributed by atoms with E-state index < -0.39 is 20.5 Å². The second-order valence-electron chi connectivity index (χ2n) is 11.1. The number of H-pyrrole nitrogens is 4. The Morgan fingerprint density at radius 1 is 0.404 bits per heavy atom. The van der Waals surface area contributed by atoms with Crippen LogP contribution in [0.5, 0.6) is 0 Å². The van der Waals surface area contributed by atoms with E-state index in [4.69, 9.17) is 37.3 Å². The van der Waals surface area contributed by atoms with Gasteiger partial charge in [-0.05, 0) is 39.5 Å². The number of nitrogens with zero attached hydrogens (tertiary/aromatic N) is 8. The van der Waals surface area contributed by atoms with Crippen molar-refractivity contribution in [3.63, 3.8) is 0 Å². The van der Waals surface area contributed by atoms with Gasteiger partial charge in [0.1, 0.15) is 22.8 Å². The first-order valence-corrected chi connectivity index (χ1v) is 18.2. The fourth-order valence-corrected chi connectivity index (χ4v) is 5.88. The topological polar surface area (TPSA) is 351 Å². The largest absolute Gasteiger partial charge is 2.00 e. The summed E-state index contributed by atoms with van der Waals surface area (Å²) in [5, 5.41) is 45.8. The zero-order valence-electron chi connectivity index (χ0n) is 28.4. The molecule has 4 heterocycles. The van der Waals surface area contributed by atoms with E-state index in [9.17, 15) is 0 Å². The van der Waals surface area contributed by atoms with Crippen molar-refractivity contribution in [2.75, 3.05) is 0 Å². The number of halogens is 2. The maximum Gasteiger partial charge on any atom is 2.00 e. The zero-order chi connectivity index (χ0) is 39.7. The summed E-state index contributed by atoms with van der Waals surface area (Å²) in [6.07, 6.45) is 7.02. The van der Waals surface area contributed by atoms with Crippen LogP contribution in [0.25, 0.3) is 56.2 Å². The third kappa shape index (κ3) is 11.1. The Morgan fingerprint density at radius 3 is 1.07 bits per heavy atom. The molecule has 0 fully saturated rings. The number of aromatic amines is 4. The normalized spacial score (nSPS) is 11.0. The Kier molecular flexibility index (Phi) is 13.8. The van der Waals surface area contributed by atoms with Gasteiger partial charge in [0.2, 0.25) is 0 Å². The summed E-state index contributed by atoms with van der Waals surface area (Å²) in [5.74, 6) is 0. The monoisotopic (exact) mass is 861 g/mol. The molecule has 1 radical (unpaired) electrons. The molecule has 0 spiro atoms. The van der Waals surface area contributed by atoms with Gasteiger partial charge in [-0.25, -0.2) is 37.3 Å². The van der Waals surface area contributed by atoms with E-state index in [1.54, 1.807) is 24.8 Å². The maximum absolute atomic E-state index is 8.49. The summed E-state index contributed by atoms with van der Waals surface area (Å²) < 4.78 is 67.9. The SMILES string of the molecule is [Cu+2].[O-][Cl+3]([O-])([O-])[O-].[O-][Cl+3]([O-])([O-])[O-].c1ccc(C(=C(c2ccccc2)c2cc(-c3c[nH]nn3)c(-c3c[nH]nn3)c(-c3c[nH]nn3)c2-c2c[nH]nn2)c2ccccc2)cc1. The molecule has 0 saturated heterocycles. The second-order valence-corrected chi connectivity index (χ2v) is 12.6. The molecule has 20 nitrogen and oxygen atoms in total. The predicted molar refractivity (Wildman–Crippen MR) is 172 cm³/mol. The quantitative estimate of drug-likeness (QED) is 0.0844. The van der Waals surface area contributed by atoms with Crippen molar-refractivity contribution in [2.24, 2.45) is 0 Å². The molecular weight excluding hydrogens is 839 g/mol. The van der Waals surface area contributed by atoms with Gasteiger partial charge in [0.15, 0.2) is 0 Å². The Hall–Kier alpha value is -6.04. The van der Waals surface area contributed by atoms with Crippen LogP contribution in [0.4, 0.5) is 0 Å². The van der Waals surface area contributed by atoms with Gasteiger partial charge in [0.05, 0.1) is 24.8 Å². The molecule has 0 unspecified atom stereocenters. The summed E-state index contributed by atoms with van der Waals surface area (Å²) in [6.45, 7) is 0. The summed E-state index contributed by atoms with van der Waals surface area (Å²) in [4.78, 5) is 0. The second kappa shape index (κ2) is 18.7. The van der Waals surface area contributed by atoms with Crippen LogP contribution in [0.2, 0.25) is 0 Å². The van der Waals surface area contributed by atoms with E-state index in [0.29, 0.717) is 22.8 Å². The molecule has 0 saturated carbocycles. The molecule has 0 aliphatic rings. The number of hydrogen-bond donors (Lipinski definition) is 4. The summed E-state index contributed by atoms with van der Waals surface area (Å²) in [7, 11) is -9.89. The van der Waals surface area contributed by atoms with Crippen molar-refractivity contribution in [1.29, 1.82) is 0 Å². The van der Waals surface area contributed by atoms with Crippen LogP contribution in [0.15, 0.2) is 122 Å². The molecule has 0 bridgehead atoms. The van der Waals surface area contributed by atoms with Gasteiger partial charge < -0.3 is 0 Å². The number of rotatable bonds is 8. The first kappa shape index (κ1) is 42.1. The van der Waals surface area contributed by atoms with Crippen molar-refractivity contribution in [1.82, 2.24) is 61.6 Å². The Labute approximate surface area is 335 Å². The van der Waals surface area contributed by atoms with E-state index in [2.05, 4.69) is 128 Å². The van der Waals surface area contributed by atoms with Gasteiger partial charge in [0, 0.05) is 22.3 Å². The number of benzene rings is 4. The molecule has 293 valence electrons. The van der Waals surface area contributed by atoms with Gasteiger partial charge in [-0.15, -0.1) is 40.9 Å². The molecule has 0 amide bonds. The van der Waals surface area contributed by atoms with Crippen LogP contribution in [0.1, 0.15) is 22.3 Å². The smallest absolute Gasteiger partial charge is 0.265 e. The first-order valence-electron chi connectivity index (χ1n) is 15.7. The zero-order valence-corrected chi connectivity index (χ0v) is 30.9. The molecule has 4 N–H and O–H groups in total. The molecule has 4 aromatic carbocycles. The Bertz CT molecular complexity index is 2390. The van der Waals surface area contributed by atoms with Crippen LogP contribution < -0.4 is 37.3 Å². The Morgan fingerprint density at radius 2 is 0.719 bits per heavy atom. The Balaban J connectivity index is 0.000000505. The predicted octanol–water partition coefficient (Wildman–Crippen LogP) is -3.68. The third-order valence-electron chi connectivity index (χ3n) is 7.75. The van der Waals surface area contributed by atoms with Crippen molar-refractivity contribution < 1.29 is 74.8 Å². The fraction of sp³-hybridized carbons (Fsp3) is 0. The molecule has 4 aromatic heterocycles. The molecule has 0 aliphatic heterocycles. The van der Waals surface area contributed by atoms with Crippen LogP contribution in [0.3, 0.4) is 0 Å². The molecule has 8 rings (SSSR count). The average molecular weight is 863 g/mol. The minimum Gasteiger partial charge on any atom is -0.265 e. The van der Waals surface area contributed by atoms with E-state index in [1.807, 2.05) is 30.3 Å². The third-order valence-corrected chi connectivity index (χ3v) is 7.75.